The van der Waals surface area contributed by atoms with Crippen molar-refractivity contribution in [2.24, 2.45) is 0 Å². The third-order valence-electron chi connectivity index (χ3n) is 2.92. The molecule has 0 aliphatic heterocycles. The molecular weight excluding hydrogens is 361 g/mol. The summed E-state index contributed by atoms with van der Waals surface area (Å²) in [6.45, 7) is -0.123. The highest BCUT2D eigenvalue weighted by atomic mass is 35.5. The number of sulfone groups is 1. The van der Waals surface area contributed by atoms with Gasteiger partial charge in [0.1, 0.15) is 28.6 Å². The SMILES string of the molecule is C#CCOc1cc(-n2ncc(S(C)(=O)=O)c(N)c2=O)c(F)cc1Cl. The van der Waals surface area contributed by atoms with Crippen LogP contribution in [0.1, 0.15) is 0 Å². The molecule has 0 atom stereocenters. The number of ether oxygens (including phenoxy) is 1. The first kappa shape index (κ1) is 17.8. The normalized spacial score (nSPS) is 11.1. The first-order valence-electron chi connectivity index (χ1n) is 6.30. The van der Waals surface area contributed by atoms with Crippen LogP contribution in [0.25, 0.3) is 5.69 Å². The lowest BCUT2D eigenvalue weighted by Crippen LogP contribution is -2.27. The second kappa shape index (κ2) is 6.51. The Morgan fingerprint density at radius 1 is 1.50 bits per heavy atom. The van der Waals surface area contributed by atoms with Crippen LogP contribution in [-0.4, -0.2) is 31.1 Å². The lowest BCUT2D eigenvalue weighted by molar-refractivity contribution is 0.369. The lowest BCUT2D eigenvalue weighted by Gasteiger charge is -2.12. The van der Waals surface area contributed by atoms with E-state index in [1.807, 2.05) is 0 Å². The molecule has 0 aliphatic carbocycles. The average Bonchev–Trinajstić information content (AvgIpc) is 2.48. The highest BCUT2D eigenvalue weighted by Crippen LogP contribution is 2.29. The predicted octanol–water partition coefficient (Wildman–Crippen LogP) is 1.02. The van der Waals surface area contributed by atoms with E-state index in [0.717, 1.165) is 24.6 Å². The number of nitrogen functional groups attached to an aromatic ring is 1. The van der Waals surface area contributed by atoms with Crippen molar-refractivity contribution >= 4 is 27.1 Å². The van der Waals surface area contributed by atoms with Gasteiger partial charge in [-0.3, -0.25) is 4.79 Å². The first-order valence-corrected chi connectivity index (χ1v) is 8.57. The quantitative estimate of drug-likeness (QED) is 0.805. The van der Waals surface area contributed by atoms with Crippen LogP contribution in [-0.2, 0) is 9.84 Å². The molecular formula is C14H11ClFN3O4S. The molecule has 2 N–H and O–H groups in total. The Morgan fingerprint density at radius 2 is 2.17 bits per heavy atom. The zero-order valence-electron chi connectivity index (χ0n) is 12.3. The van der Waals surface area contributed by atoms with Gasteiger partial charge in [-0.1, -0.05) is 17.5 Å². The van der Waals surface area contributed by atoms with Crippen molar-refractivity contribution in [1.29, 1.82) is 0 Å². The standard InChI is InChI=1S/C14H11ClFN3O4S/c1-3-4-23-11-6-10(9(16)5-8(11)15)19-14(20)13(17)12(7-18-19)24(2,21)22/h1,5-7H,4,17H2,2H3. The molecule has 2 aromatic rings. The molecule has 2 rings (SSSR count). The van der Waals surface area contributed by atoms with E-state index in [9.17, 15) is 17.6 Å². The minimum atomic E-state index is -3.75. The second-order valence-electron chi connectivity index (χ2n) is 4.64. The summed E-state index contributed by atoms with van der Waals surface area (Å²) in [6.07, 6.45) is 6.81. The molecule has 1 aromatic carbocycles. The van der Waals surface area contributed by atoms with Gasteiger partial charge in [0.25, 0.3) is 5.56 Å². The largest absolute Gasteiger partial charge is 0.479 e. The van der Waals surface area contributed by atoms with Gasteiger partial charge in [-0.2, -0.15) is 9.78 Å². The Hall–Kier alpha value is -2.57. The van der Waals surface area contributed by atoms with E-state index >= 15 is 0 Å². The number of benzene rings is 1. The minimum Gasteiger partial charge on any atom is -0.479 e. The average molecular weight is 372 g/mol. The van der Waals surface area contributed by atoms with Crippen LogP contribution in [0, 0.1) is 18.2 Å². The van der Waals surface area contributed by atoms with Gasteiger partial charge < -0.3 is 10.5 Å². The summed E-state index contributed by atoms with van der Waals surface area (Å²) in [5.74, 6) is 1.37. The van der Waals surface area contributed by atoms with E-state index in [0.29, 0.717) is 4.68 Å². The Morgan fingerprint density at radius 3 is 2.75 bits per heavy atom. The Labute approximate surface area is 141 Å². The molecule has 1 heterocycles. The third kappa shape index (κ3) is 3.34. The maximum Gasteiger partial charge on any atom is 0.296 e. The smallest absolute Gasteiger partial charge is 0.296 e. The van der Waals surface area contributed by atoms with Gasteiger partial charge in [0.15, 0.2) is 15.7 Å². The van der Waals surface area contributed by atoms with E-state index in [-0.39, 0.29) is 23.1 Å². The number of hydrogen-bond donors (Lipinski definition) is 1. The molecule has 0 saturated heterocycles. The van der Waals surface area contributed by atoms with Crippen LogP contribution in [0.15, 0.2) is 28.0 Å². The number of anilines is 1. The van der Waals surface area contributed by atoms with Crippen LogP contribution >= 0.6 is 11.6 Å². The van der Waals surface area contributed by atoms with Crippen molar-refractivity contribution < 1.29 is 17.5 Å². The van der Waals surface area contributed by atoms with Crippen molar-refractivity contribution in [3.05, 3.63) is 39.5 Å². The van der Waals surface area contributed by atoms with E-state index < -0.39 is 31.8 Å². The minimum absolute atomic E-state index is 0.0328. The van der Waals surface area contributed by atoms with Crippen LogP contribution in [0.2, 0.25) is 5.02 Å². The van der Waals surface area contributed by atoms with E-state index in [1.54, 1.807) is 0 Å². The molecule has 1 aromatic heterocycles. The number of aromatic nitrogens is 2. The molecule has 0 unspecified atom stereocenters. The summed E-state index contributed by atoms with van der Waals surface area (Å²) in [5, 5.41) is 3.60. The molecule has 0 spiro atoms. The van der Waals surface area contributed by atoms with Crippen molar-refractivity contribution in [1.82, 2.24) is 9.78 Å². The highest BCUT2D eigenvalue weighted by Gasteiger charge is 2.20. The molecule has 126 valence electrons. The van der Waals surface area contributed by atoms with Crippen molar-refractivity contribution in [3.8, 4) is 23.8 Å². The van der Waals surface area contributed by atoms with Gasteiger partial charge in [-0.25, -0.2) is 12.8 Å². The zero-order chi connectivity index (χ0) is 18.1. The zero-order valence-corrected chi connectivity index (χ0v) is 13.9. The number of nitrogens with two attached hydrogens (primary N) is 1. The topological polar surface area (TPSA) is 104 Å². The second-order valence-corrected chi connectivity index (χ2v) is 7.03. The van der Waals surface area contributed by atoms with Crippen LogP contribution < -0.4 is 16.0 Å². The summed E-state index contributed by atoms with van der Waals surface area (Å²) in [4.78, 5) is 11.8. The number of halogens is 2. The Bertz CT molecular complexity index is 1010. The molecule has 0 bridgehead atoms. The monoisotopic (exact) mass is 371 g/mol. The van der Waals surface area contributed by atoms with Gasteiger partial charge in [0, 0.05) is 12.3 Å². The number of terminal acetylenes is 1. The molecule has 0 radical (unpaired) electrons. The van der Waals surface area contributed by atoms with Gasteiger partial charge in [0.2, 0.25) is 0 Å². The molecule has 0 aliphatic rings. The van der Waals surface area contributed by atoms with E-state index in [1.165, 1.54) is 0 Å². The maximum atomic E-state index is 14.1. The van der Waals surface area contributed by atoms with Gasteiger partial charge in [-0.15, -0.1) is 6.42 Å². The summed E-state index contributed by atoms with van der Waals surface area (Å²) in [6, 6.07) is 2.03. The van der Waals surface area contributed by atoms with Gasteiger partial charge in [-0.05, 0) is 6.07 Å². The molecule has 0 saturated carbocycles. The molecule has 7 nitrogen and oxygen atoms in total. The van der Waals surface area contributed by atoms with Crippen molar-refractivity contribution in [2.75, 3.05) is 18.6 Å². The number of hydrogen-bond acceptors (Lipinski definition) is 6. The summed E-state index contributed by atoms with van der Waals surface area (Å²) in [5.41, 5.74) is 3.66. The fraction of sp³-hybridized carbons (Fsp3) is 0.143. The van der Waals surface area contributed by atoms with Gasteiger partial charge >= 0.3 is 0 Å². The summed E-state index contributed by atoms with van der Waals surface area (Å²) >= 11 is 5.84. The van der Waals surface area contributed by atoms with Crippen molar-refractivity contribution in [3.63, 3.8) is 0 Å². The van der Waals surface area contributed by atoms with Crippen LogP contribution in [0.4, 0.5) is 10.1 Å². The number of rotatable bonds is 4. The fourth-order valence-electron chi connectivity index (χ4n) is 1.83. The Balaban J connectivity index is 2.67. The summed E-state index contributed by atoms with van der Waals surface area (Å²) < 4.78 is 43.0. The van der Waals surface area contributed by atoms with Crippen LogP contribution in [0.3, 0.4) is 0 Å². The Kier molecular flexibility index (Phi) is 4.82. The highest BCUT2D eigenvalue weighted by molar-refractivity contribution is 7.90. The molecule has 0 fully saturated rings. The molecule has 10 heteroatoms. The predicted molar refractivity (Wildman–Crippen MR) is 86.7 cm³/mol. The van der Waals surface area contributed by atoms with Gasteiger partial charge in [0.05, 0.1) is 11.2 Å². The van der Waals surface area contributed by atoms with Crippen LogP contribution in [0.5, 0.6) is 5.75 Å². The fourth-order valence-corrected chi connectivity index (χ4v) is 2.76. The van der Waals surface area contributed by atoms with E-state index in [4.69, 9.17) is 28.5 Å². The third-order valence-corrected chi connectivity index (χ3v) is 4.34. The first-order chi connectivity index (χ1) is 11.2. The lowest BCUT2D eigenvalue weighted by atomic mass is 10.2. The molecule has 0 amide bonds. The molecule has 24 heavy (non-hydrogen) atoms. The maximum absolute atomic E-state index is 14.1. The number of nitrogens with zero attached hydrogens (tertiary/aromatic N) is 2. The van der Waals surface area contributed by atoms with Crippen molar-refractivity contribution in [2.45, 2.75) is 4.90 Å². The van der Waals surface area contributed by atoms with E-state index in [2.05, 4.69) is 11.0 Å². The summed E-state index contributed by atoms with van der Waals surface area (Å²) in [7, 11) is -3.75.